The minimum atomic E-state index is -0.526. The van der Waals surface area contributed by atoms with Crippen molar-refractivity contribution >= 4 is 44.8 Å². The third-order valence-corrected chi connectivity index (χ3v) is 3.43. The van der Waals surface area contributed by atoms with Crippen LogP contribution in [0.2, 0.25) is 5.02 Å². The second-order valence-corrected chi connectivity index (χ2v) is 5.18. The molecular weight excluding hydrogens is 348 g/mol. The molecule has 0 aromatic heterocycles. The smallest absolute Gasteiger partial charge is 0.285 e. The van der Waals surface area contributed by atoms with Crippen LogP contribution < -0.4 is 5.32 Å². The van der Waals surface area contributed by atoms with E-state index < -0.39 is 4.92 Å². The highest BCUT2D eigenvalue weighted by atomic mass is 79.9. The maximum Gasteiger partial charge on any atom is 0.285 e. The van der Waals surface area contributed by atoms with Crippen LogP contribution >= 0.6 is 27.5 Å². The van der Waals surface area contributed by atoms with Crippen molar-refractivity contribution in [3.63, 3.8) is 0 Å². The van der Waals surface area contributed by atoms with E-state index in [1.165, 1.54) is 12.1 Å². The van der Waals surface area contributed by atoms with Crippen molar-refractivity contribution < 1.29 is 9.72 Å². The Hall–Kier alpha value is -1.92. The molecule has 7 heteroatoms. The molecule has 102 valence electrons. The summed E-state index contributed by atoms with van der Waals surface area (Å²) in [4.78, 5) is 22.2. The molecule has 1 N–H and O–H groups in total. The van der Waals surface area contributed by atoms with Gasteiger partial charge in [0.1, 0.15) is 0 Å². The number of rotatable bonds is 3. The van der Waals surface area contributed by atoms with E-state index in [0.717, 1.165) is 0 Å². The predicted molar refractivity (Wildman–Crippen MR) is 80.2 cm³/mol. The fourth-order valence-electron chi connectivity index (χ4n) is 1.53. The van der Waals surface area contributed by atoms with Crippen LogP contribution in [-0.4, -0.2) is 10.8 Å². The first-order valence-corrected chi connectivity index (χ1v) is 6.65. The number of nitrogens with one attached hydrogen (secondary N) is 1. The second kappa shape index (κ2) is 6.02. The van der Waals surface area contributed by atoms with E-state index in [1.54, 1.807) is 30.3 Å². The summed E-state index contributed by atoms with van der Waals surface area (Å²) < 4.78 is 0.354. The van der Waals surface area contributed by atoms with Gasteiger partial charge in [-0.05, 0) is 52.3 Å². The van der Waals surface area contributed by atoms with E-state index in [9.17, 15) is 14.9 Å². The highest BCUT2D eigenvalue weighted by Crippen LogP contribution is 2.28. The van der Waals surface area contributed by atoms with Crippen molar-refractivity contribution in [1.82, 2.24) is 0 Å². The molecule has 0 unspecified atom stereocenters. The van der Waals surface area contributed by atoms with Crippen LogP contribution in [0.5, 0.6) is 0 Å². The number of nitro benzene ring substituents is 1. The Morgan fingerprint density at radius 2 is 1.85 bits per heavy atom. The van der Waals surface area contributed by atoms with Gasteiger partial charge in [-0.25, -0.2) is 0 Å². The Morgan fingerprint density at radius 1 is 1.20 bits per heavy atom. The van der Waals surface area contributed by atoms with E-state index in [2.05, 4.69) is 21.2 Å². The van der Waals surface area contributed by atoms with Crippen LogP contribution in [0, 0.1) is 10.1 Å². The van der Waals surface area contributed by atoms with Crippen molar-refractivity contribution in [2.75, 3.05) is 5.32 Å². The Bertz CT molecular complexity index is 674. The Morgan fingerprint density at radius 3 is 2.45 bits per heavy atom. The molecule has 0 heterocycles. The Balaban J connectivity index is 2.21. The molecule has 0 aliphatic rings. The maximum atomic E-state index is 12.0. The molecule has 0 atom stereocenters. The van der Waals surface area contributed by atoms with Crippen LogP contribution in [0.3, 0.4) is 0 Å². The van der Waals surface area contributed by atoms with Crippen LogP contribution in [0.4, 0.5) is 11.4 Å². The highest BCUT2D eigenvalue weighted by molar-refractivity contribution is 9.10. The Kier molecular flexibility index (Phi) is 4.36. The SMILES string of the molecule is O=C(Nc1ccc(Br)c([N+](=O)[O-])c1)c1ccc(Cl)cc1. The lowest BCUT2D eigenvalue weighted by Gasteiger charge is -2.06. The van der Waals surface area contributed by atoms with Gasteiger partial charge in [0, 0.05) is 22.3 Å². The fraction of sp³-hybridized carbons (Fsp3) is 0. The number of anilines is 1. The lowest BCUT2D eigenvalue weighted by Crippen LogP contribution is -2.11. The first-order chi connectivity index (χ1) is 9.47. The zero-order chi connectivity index (χ0) is 14.7. The molecule has 0 spiro atoms. The number of halogens is 2. The Labute approximate surface area is 127 Å². The van der Waals surface area contributed by atoms with Crippen LogP contribution in [0.15, 0.2) is 46.9 Å². The molecule has 0 fully saturated rings. The number of hydrogen-bond acceptors (Lipinski definition) is 3. The lowest BCUT2D eigenvalue weighted by molar-refractivity contribution is -0.385. The number of carbonyl (C=O) groups is 1. The van der Waals surface area contributed by atoms with Crippen LogP contribution in [-0.2, 0) is 0 Å². The number of nitro groups is 1. The van der Waals surface area contributed by atoms with Crippen LogP contribution in [0.25, 0.3) is 0 Å². The van der Waals surface area contributed by atoms with Crippen molar-refractivity contribution in [1.29, 1.82) is 0 Å². The minimum absolute atomic E-state index is 0.112. The first kappa shape index (κ1) is 14.5. The quantitative estimate of drug-likeness (QED) is 0.660. The molecule has 1 amide bonds. The van der Waals surface area contributed by atoms with Gasteiger partial charge in [-0.2, -0.15) is 0 Å². The third kappa shape index (κ3) is 3.34. The molecule has 5 nitrogen and oxygen atoms in total. The molecule has 0 saturated heterocycles. The molecule has 0 saturated carbocycles. The summed E-state index contributed by atoms with van der Waals surface area (Å²) in [6.07, 6.45) is 0. The van der Waals surface area contributed by atoms with Crippen molar-refractivity contribution in [2.45, 2.75) is 0 Å². The topological polar surface area (TPSA) is 72.2 Å². The summed E-state index contributed by atoms with van der Waals surface area (Å²) in [6, 6.07) is 10.7. The molecule has 0 radical (unpaired) electrons. The average Bonchev–Trinajstić information content (AvgIpc) is 2.41. The predicted octanol–water partition coefficient (Wildman–Crippen LogP) is 4.26. The summed E-state index contributed by atoms with van der Waals surface area (Å²) in [5, 5.41) is 13.9. The zero-order valence-corrected chi connectivity index (χ0v) is 12.3. The van der Waals surface area contributed by atoms with E-state index in [1.807, 2.05) is 0 Å². The van der Waals surface area contributed by atoms with Gasteiger partial charge in [-0.15, -0.1) is 0 Å². The van der Waals surface area contributed by atoms with Crippen molar-refractivity contribution in [3.05, 3.63) is 67.6 Å². The summed E-state index contributed by atoms with van der Waals surface area (Å²) in [5.74, 6) is -0.363. The molecular formula is C13H8BrClN2O3. The molecule has 0 aliphatic heterocycles. The van der Waals surface area contributed by atoms with E-state index in [-0.39, 0.29) is 11.6 Å². The average molecular weight is 356 g/mol. The van der Waals surface area contributed by atoms with Crippen molar-refractivity contribution in [2.24, 2.45) is 0 Å². The van der Waals surface area contributed by atoms with Gasteiger partial charge in [0.2, 0.25) is 0 Å². The van der Waals surface area contributed by atoms with E-state index in [4.69, 9.17) is 11.6 Å². The first-order valence-electron chi connectivity index (χ1n) is 5.48. The highest BCUT2D eigenvalue weighted by Gasteiger charge is 2.14. The van der Waals surface area contributed by atoms with E-state index in [0.29, 0.717) is 20.7 Å². The van der Waals surface area contributed by atoms with Gasteiger partial charge in [0.05, 0.1) is 9.40 Å². The van der Waals surface area contributed by atoms with Crippen molar-refractivity contribution in [3.8, 4) is 0 Å². The molecule has 20 heavy (non-hydrogen) atoms. The normalized spacial score (nSPS) is 10.1. The number of benzene rings is 2. The van der Waals surface area contributed by atoms with Gasteiger partial charge in [-0.1, -0.05) is 11.6 Å². The standard InChI is InChI=1S/C13H8BrClN2O3/c14-11-6-5-10(7-12(11)17(19)20)16-13(18)8-1-3-9(15)4-2-8/h1-7H,(H,16,18). The summed E-state index contributed by atoms with van der Waals surface area (Å²) in [7, 11) is 0. The molecule has 0 bridgehead atoms. The number of amides is 1. The third-order valence-electron chi connectivity index (χ3n) is 2.51. The lowest BCUT2D eigenvalue weighted by atomic mass is 10.2. The van der Waals surface area contributed by atoms with Crippen LogP contribution in [0.1, 0.15) is 10.4 Å². The number of carbonyl (C=O) groups excluding carboxylic acids is 1. The fourth-order valence-corrected chi connectivity index (χ4v) is 2.05. The zero-order valence-electron chi connectivity index (χ0n) is 9.97. The molecule has 0 aliphatic carbocycles. The summed E-state index contributed by atoms with van der Waals surface area (Å²) in [5.41, 5.74) is 0.652. The van der Waals surface area contributed by atoms with Gasteiger partial charge in [0.25, 0.3) is 11.6 Å². The molecule has 2 aromatic carbocycles. The largest absolute Gasteiger partial charge is 0.322 e. The monoisotopic (exact) mass is 354 g/mol. The summed E-state index contributed by atoms with van der Waals surface area (Å²) >= 11 is 8.82. The van der Waals surface area contributed by atoms with Gasteiger partial charge in [0.15, 0.2) is 0 Å². The summed E-state index contributed by atoms with van der Waals surface area (Å²) in [6.45, 7) is 0. The van der Waals surface area contributed by atoms with Gasteiger partial charge in [-0.3, -0.25) is 14.9 Å². The maximum absolute atomic E-state index is 12.0. The molecule has 2 rings (SSSR count). The van der Waals surface area contributed by atoms with Gasteiger partial charge >= 0.3 is 0 Å². The second-order valence-electron chi connectivity index (χ2n) is 3.88. The van der Waals surface area contributed by atoms with E-state index >= 15 is 0 Å². The molecule has 2 aromatic rings. The van der Waals surface area contributed by atoms with Gasteiger partial charge < -0.3 is 5.32 Å². The minimum Gasteiger partial charge on any atom is -0.322 e. The number of hydrogen-bond donors (Lipinski definition) is 1. The number of nitrogens with zero attached hydrogens (tertiary/aromatic N) is 1.